The first kappa shape index (κ1) is 20.6. The molecule has 2 aromatic rings. The third kappa shape index (κ3) is 6.21. The summed E-state index contributed by atoms with van der Waals surface area (Å²) in [6.45, 7) is 2.05. The van der Waals surface area contributed by atoms with Crippen molar-refractivity contribution in [3.63, 3.8) is 0 Å². The van der Waals surface area contributed by atoms with E-state index in [4.69, 9.17) is 14.2 Å². The number of benzene rings is 2. The lowest BCUT2D eigenvalue weighted by molar-refractivity contribution is -0.118. The molecule has 0 fully saturated rings. The van der Waals surface area contributed by atoms with Crippen molar-refractivity contribution in [3.8, 4) is 17.2 Å². The third-order valence-electron chi connectivity index (χ3n) is 3.71. The predicted octanol–water partition coefficient (Wildman–Crippen LogP) is 3.40. The maximum absolute atomic E-state index is 11.9. The van der Waals surface area contributed by atoms with E-state index in [1.54, 1.807) is 45.2 Å². The Labute approximate surface area is 163 Å². The van der Waals surface area contributed by atoms with E-state index in [-0.39, 0.29) is 5.91 Å². The van der Waals surface area contributed by atoms with Crippen LogP contribution in [0, 0.1) is 6.92 Å². The summed E-state index contributed by atoms with van der Waals surface area (Å²) in [7, 11) is 4.64. The van der Waals surface area contributed by atoms with Gasteiger partial charge < -0.3 is 14.2 Å². The lowest BCUT2D eigenvalue weighted by Gasteiger charge is -2.12. The molecule has 0 aliphatic heterocycles. The molecule has 0 spiro atoms. The Morgan fingerprint density at radius 3 is 2.26 bits per heavy atom. The summed E-state index contributed by atoms with van der Waals surface area (Å²) in [5, 5.41) is 4.00. The van der Waals surface area contributed by atoms with Crippen molar-refractivity contribution in [3.05, 3.63) is 53.1 Å². The molecule has 0 aliphatic carbocycles. The van der Waals surface area contributed by atoms with Crippen LogP contribution in [0.2, 0.25) is 0 Å². The van der Waals surface area contributed by atoms with Gasteiger partial charge in [0.15, 0.2) is 11.5 Å². The molecule has 0 unspecified atom stereocenters. The zero-order chi connectivity index (χ0) is 19.6. The van der Waals surface area contributed by atoms with Gasteiger partial charge in [-0.2, -0.15) is 5.10 Å². The molecule has 0 atom stereocenters. The molecule has 0 radical (unpaired) electrons. The molecule has 0 bridgehead atoms. The van der Waals surface area contributed by atoms with Crippen LogP contribution < -0.4 is 19.6 Å². The van der Waals surface area contributed by atoms with Gasteiger partial charge in [-0.05, 0) is 24.6 Å². The van der Waals surface area contributed by atoms with Crippen molar-refractivity contribution in [2.45, 2.75) is 12.7 Å². The van der Waals surface area contributed by atoms with Gasteiger partial charge in [-0.15, -0.1) is 11.8 Å². The SMILES string of the molecule is COc1cc(/C=N\NC(=O)CSCc2ccc(C)cc2)cc(OC)c1OC. The molecular weight excluding hydrogens is 364 g/mol. The number of hydrazone groups is 1. The molecule has 1 amide bonds. The average Bonchev–Trinajstić information content (AvgIpc) is 2.68. The molecule has 6 nitrogen and oxygen atoms in total. The number of rotatable bonds is 9. The summed E-state index contributed by atoms with van der Waals surface area (Å²) < 4.78 is 15.9. The van der Waals surface area contributed by atoms with E-state index in [2.05, 4.69) is 41.7 Å². The Hall–Kier alpha value is -2.67. The first-order valence-electron chi connectivity index (χ1n) is 8.32. The Bertz CT molecular complexity index is 766. The average molecular weight is 388 g/mol. The largest absolute Gasteiger partial charge is 0.493 e. The molecule has 7 heteroatoms. The van der Waals surface area contributed by atoms with Crippen LogP contribution in [0.15, 0.2) is 41.5 Å². The van der Waals surface area contributed by atoms with Gasteiger partial charge >= 0.3 is 0 Å². The second kappa shape index (κ2) is 10.5. The third-order valence-corrected chi connectivity index (χ3v) is 4.72. The quantitative estimate of drug-likeness (QED) is 0.527. The number of carbonyl (C=O) groups is 1. The molecule has 0 heterocycles. The minimum atomic E-state index is -0.157. The number of nitrogens with one attached hydrogen (secondary N) is 1. The lowest BCUT2D eigenvalue weighted by Crippen LogP contribution is -2.19. The second-order valence-corrected chi connectivity index (χ2v) is 6.72. The van der Waals surface area contributed by atoms with Gasteiger partial charge in [-0.3, -0.25) is 4.79 Å². The number of thioether (sulfide) groups is 1. The highest BCUT2D eigenvalue weighted by Crippen LogP contribution is 2.37. The van der Waals surface area contributed by atoms with Crippen molar-refractivity contribution in [2.75, 3.05) is 27.1 Å². The summed E-state index contributed by atoms with van der Waals surface area (Å²) >= 11 is 1.54. The van der Waals surface area contributed by atoms with Crippen LogP contribution in [0.1, 0.15) is 16.7 Å². The highest BCUT2D eigenvalue weighted by Gasteiger charge is 2.12. The molecule has 0 saturated carbocycles. The van der Waals surface area contributed by atoms with E-state index in [0.717, 1.165) is 11.3 Å². The normalized spacial score (nSPS) is 10.7. The second-order valence-electron chi connectivity index (χ2n) is 5.73. The highest BCUT2D eigenvalue weighted by molar-refractivity contribution is 7.99. The number of carbonyl (C=O) groups excluding carboxylic acids is 1. The number of amides is 1. The van der Waals surface area contributed by atoms with Crippen LogP contribution in [0.3, 0.4) is 0 Å². The minimum absolute atomic E-state index is 0.157. The van der Waals surface area contributed by atoms with Crippen LogP contribution >= 0.6 is 11.8 Å². The van der Waals surface area contributed by atoms with Crippen LogP contribution in [-0.2, 0) is 10.5 Å². The molecule has 0 saturated heterocycles. The van der Waals surface area contributed by atoms with Gasteiger partial charge in [0.25, 0.3) is 0 Å². The first-order valence-corrected chi connectivity index (χ1v) is 9.48. The van der Waals surface area contributed by atoms with Crippen molar-refractivity contribution >= 4 is 23.9 Å². The topological polar surface area (TPSA) is 69.2 Å². The zero-order valence-corrected chi connectivity index (χ0v) is 16.8. The zero-order valence-electron chi connectivity index (χ0n) is 15.9. The maximum atomic E-state index is 11.9. The Morgan fingerprint density at radius 1 is 1.07 bits per heavy atom. The molecule has 0 aromatic heterocycles. The number of hydrogen-bond acceptors (Lipinski definition) is 6. The summed E-state index contributed by atoms with van der Waals surface area (Å²) in [6.07, 6.45) is 1.53. The molecular formula is C20H24N2O4S. The van der Waals surface area contributed by atoms with E-state index in [0.29, 0.717) is 23.0 Å². The van der Waals surface area contributed by atoms with Gasteiger partial charge in [-0.1, -0.05) is 29.8 Å². The maximum Gasteiger partial charge on any atom is 0.250 e. The van der Waals surface area contributed by atoms with Gasteiger partial charge in [0, 0.05) is 11.3 Å². The van der Waals surface area contributed by atoms with Crippen molar-refractivity contribution < 1.29 is 19.0 Å². The number of methoxy groups -OCH3 is 3. The number of hydrogen-bond donors (Lipinski definition) is 1. The fourth-order valence-corrected chi connectivity index (χ4v) is 3.11. The molecule has 2 aromatic carbocycles. The Balaban J connectivity index is 1.87. The van der Waals surface area contributed by atoms with E-state index in [1.807, 2.05) is 0 Å². The van der Waals surface area contributed by atoms with E-state index in [1.165, 1.54) is 17.3 Å². The van der Waals surface area contributed by atoms with Crippen LogP contribution in [0.5, 0.6) is 17.2 Å². The van der Waals surface area contributed by atoms with Crippen LogP contribution in [0.25, 0.3) is 0 Å². The molecule has 27 heavy (non-hydrogen) atoms. The van der Waals surface area contributed by atoms with Crippen molar-refractivity contribution in [1.82, 2.24) is 5.43 Å². The monoisotopic (exact) mass is 388 g/mol. The highest BCUT2D eigenvalue weighted by atomic mass is 32.2. The summed E-state index contributed by atoms with van der Waals surface area (Å²) in [5.41, 5.74) is 5.66. The smallest absolute Gasteiger partial charge is 0.250 e. The predicted molar refractivity (Wildman–Crippen MR) is 109 cm³/mol. The van der Waals surface area contributed by atoms with E-state index in [9.17, 15) is 4.79 Å². The van der Waals surface area contributed by atoms with Crippen molar-refractivity contribution in [2.24, 2.45) is 5.10 Å². The number of nitrogens with zero attached hydrogens (tertiary/aromatic N) is 1. The molecule has 144 valence electrons. The number of aryl methyl sites for hydroxylation is 1. The minimum Gasteiger partial charge on any atom is -0.493 e. The molecule has 0 aliphatic rings. The van der Waals surface area contributed by atoms with Gasteiger partial charge in [0.2, 0.25) is 11.7 Å². The lowest BCUT2D eigenvalue weighted by atomic mass is 10.2. The molecule has 1 N–H and O–H groups in total. The molecule has 2 rings (SSSR count). The van der Waals surface area contributed by atoms with Gasteiger partial charge in [-0.25, -0.2) is 5.43 Å². The van der Waals surface area contributed by atoms with E-state index >= 15 is 0 Å². The van der Waals surface area contributed by atoms with Crippen LogP contribution in [0.4, 0.5) is 0 Å². The first-order chi connectivity index (χ1) is 13.1. The van der Waals surface area contributed by atoms with Gasteiger partial charge in [0.1, 0.15) is 0 Å². The van der Waals surface area contributed by atoms with Crippen molar-refractivity contribution in [1.29, 1.82) is 0 Å². The summed E-state index contributed by atoms with van der Waals surface area (Å²) in [4.78, 5) is 11.9. The summed E-state index contributed by atoms with van der Waals surface area (Å²) in [5.74, 6) is 2.52. The fraction of sp³-hybridized carbons (Fsp3) is 0.300. The summed E-state index contributed by atoms with van der Waals surface area (Å²) in [6, 6.07) is 11.8. The Morgan fingerprint density at radius 2 is 1.70 bits per heavy atom. The van der Waals surface area contributed by atoms with Crippen LogP contribution in [-0.4, -0.2) is 39.2 Å². The van der Waals surface area contributed by atoms with E-state index < -0.39 is 0 Å². The van der Waals surface area contributed by atoms with Gasteiger partial charge in [0.05, 0.1) is 33.3 Å². The standard InChI is InChI=1S/C20H24N2O4S/c1-14-5-7-15(8-6-14)12-27-13-19(23)22-21-11-16-9-17(24-2)20(26-4)18(10-16)25-3/h5-11H,12-13H2,1-4H3,(H,22,23)/b21-11-. The number of ether oxygens (including phenoxy) is 3. The Kier molecular flexibility index (Phi) is 8.00. The fourth-order valence-electron chi connectivity index (χ4n) is 2.33.